The van der Waals surface area contributed by atoms with E-state index in [-0.39, 0.29) is 11.6 Å². The summed E-state index contributed by atoms with van der Waals surface area (Å²) in [5.74, 6) is 0.559. The van der Waals surface area contributed by atoms with Crippen LogP contribution in [0.3, 0.4) is 0 Å². The van der Waals surface area contributed by atoms with Crippen molar-refractivity contribution in [2.24, 2.45) is 19.2 Å². The van der Waals surface area contributed by atoms with Crippen LogP contribution >= 0.6 is 0 Å². The molecule has 2 aromatic heterocycles. The lowest BCUT2D eigenvalue weighted by Crippen LogP contribution is -2.38. The molecule has 0 spiro atoms. The van der Waals surface area contributed by atoms with E-state index < -0.39 is 5.69 Å². The minimum Gasteiger partial charge on any atom is -0.294 e. The van der Waals surface area contributed by atoms with Gasteiger partial charge in [-0.15, -0.1) is 0 Å². The Balaban J connectivity index is 1.83. The van der Waals surface area contributed by atoms with Gasteiger partial charge in [0.05, 0.1) is 18.3 Å². The molecule has 1 aromatic carbocycles. The SMILES string of the molecule is CC1=NN(C/C=C/c2ccccc2)c2nc3c(c(=O)n(C)c(=O)n3C)n2[C@H]1C. The minimum atomic E-state index is -0.395. The summed E-state index contributed by atoms with van der Waals surface area (Å²) >= 11 is 0. The molecule has 0 bridgehead atoms. The summed E-state index contributed by atoms with van der Waals surface area (Å²) in [5, 5.41) is 6.42. The Bertz CT molecular complexity index is 1230. The number of nitrogens with zero attached hydrogens (tertiary/aromatic N) is 6. The summed E-state index contributed by atoms with van der Waals surface area (Å²) in [4.78, 5) is 29.7. The molecule has 1 atom stereocenters. The van der Waals surface area contributed by atoms with E-state index in [1.54, 1.807) is 12.1 Å². The van der Waals surface area contributed by atoms with Gasteiger partial charge in [-0.3, -0.25) is 18.5 Å². The number of fused-ring (bicyclic) bond motifs is 3. The predicted octanol–water partition coefficient (Wildman–Crippen LogP) is 1.90. The normalized spacial score (nSPS) is 16.6. The Kier molecular flexibility index (Phi) is 4.26. The van der Waals surface area contributed by atoms with E-state index in [1.807, 2.05) is 60.9 Å². The van der Waals surface area contributed by atoms with E-state index in [4.69, 9.17) is 0 Å². The Morgan fingerprint density at radius 2 is 1.82 bits per heavy atom. The minimum absolute atomic E-state index is 0.125. The van der Waals surface area contributed by atoms with Gasteiger partial charge in [0.2, 0.25) is 5.95 Å². The molecule has 8 heteroatoms. The van der Waals surface area contributed by atoms with Crippen LogP contribution in [0, 0.1) is 0 Å². The summed E-state index contributed by atoms with van der Waals surface area (Å²) in [7, 11) is 3.11. The Morgan fingerprint density at radius 3 is 2.54 bits per heavy atom. The second-order valence-electron chi connectivity index (χ2n) is 6.97. The van der Waals surface area contributed by atoms with Crippen LogP contribution in [0.2, 0.25) is 0 Å². The van der Waals surface area contributed by atoms with Crippen molar-refractivity contribution in [1.82, 2.24) is 18.7 Å². The van der Waals surface area contributed by atoms with E-state index in [1.165, 1.54) is 11.6 Å². The third kappa shape index (κ3) is 2.69. The predicted molar refractivity (Wildman–Crippen MR) is 111 cm³/mol. The number of hydrogen-bond acceptors (Lipinski definition) is 5. The van der Waals surface area contributed by atoms with Crippen LogP contribution < -0.4 is 16.3 Å². The molecule has 0 saturated carbocycles. The summed E-state index contributed by atoms with van der Waals surface area (Å²) in [5.41, 5.74) is 2.01. The molecule has 0 unspecified atom stereocenters. The molecule has 28 heavy (non-hydrogen) atoms. The third-order valence-corrected chi connectivity index (χ3v) is 5.16. The van der Waals surface area contributed by atoms with Crippen molar-refractivity contribution in [2.45, 2.75) is 19.9 Å². The number of anilines is 1. The first-order chi connectivity index (χ1) is 13.4. The molecule has 0 aliphatic carbocycles. The third-order valence-electron chi connectivity index (χ3n) is 5.16. The van der Waals surface area contributed by atoms with E-state index >= 15 is 0 Å². The van der Waals surface area contributed by atoms with Crippen LogP contribution in [0.15, 0.2) is 51.1 Å². The van der Waals surface area contributed by atoms with Crippen LogP contribution in [0.5, 0.6) is 0 Å². The first-order valence-electron chi connectivity index (χ1n) is 9.12. The molecule has 1 aliphatic heterocycles. The van der Waals surface area contributed by atoms with Gasteiger partial charge < -0.3 is 0 Å². The number of benzene rings is 1. The molecule has 4 rings (SSSR count). The van der Waals surface area contributed by atoms with Crippen LogP contribution in [0.4, 0.5) is 5.95 Å². The highest BCUT2D eigenvalue weighted by Gasteiger charge is 2.29. The fourth-order valence-electron chi connectivity index (χ4n) is 3.43. The van der Waals surface area contributed by atoms with Crippen LogP contribution in [0.25, 0.3) is 17.2 Å². The van der Waals surface area contributed by atoms with Crippen molar-refractivity contribution >= 4 is 28.9 Å². The largest absolute Gasteiger partial charge is 0.332 e. The van der Waals surface area contributed by atoms with E-state index in [9.17, 15) is 9.59 Å². The molecule has 3 aromatic rings. The molecule has 0 amide bonds. The van der Waals surface area contributed by atoms with Gasteiger partial charge in [-0.1, -0.05) is 42.5 Å². The molecule has 1 aliphatic rings. The van der Waals surface area contributed by atoms with Gasteiger partial charge in [0, 0.05) is 14.1 Å². The highest BCUT2D eigenvalue weighted by Crippen LogP contribution is 2.29. The highest BCUT2D eigenvalue weighted by atomic mass is 16.2. The molecule has 0 fully saturated rings. The van der Waals surface area contributed by atoms with Crippen molar-refractivity contribution in [1.29, 1.82) is 0 Å². The van der Waals surface area contributed by atoms with Gasteiger partial charge in [0.15, 0.2) is 11.2 Å². The second kappa shape index (κ2) is 6.63. The highest BCUT2D eigenvalue weighted by molar-refractivity contribution is 5.91. The monoisotopic (exact) mass is 378 g/mol. The zero-order valence-corrected chi connectivity index (χ0v) is 16.3. The maximum Gasteiger partial charge on any atom is 0.332 e. The standard InChI is InChI=1S/C20H22N6O2/c1-13-14(2)26-16-17(23(3)20(28)24(4)18(16)27)21-19(26)25(22-13)12-8-11-15-9-6-5-7-10-15/h5-11,14H,12H2,1-4H3/b11-8+/t14-/m0/s1. The maximum absolute atomic E-state index is 12.8. The van der Waals surface area contributed by atoms with Crippen molar-refractivity contribution in [3.63, 3.8) is 0 Å². The smallest absolute Gasteiger partial charge is 0.294 e. The van der Waals surface area contributed by atoms with Crippen molar-refractivity contribution in [3.8, 4) is 0 Å². The van der Waals surface area contributed by atoms with E-state index in [2.05, 4.69) is 10.1 Å². The number of hydrogen-bond donors (Lipinski definition) is 0. The lowest BCUT2D eigenvalue weighted by Gasteiger charge is -2.28. The Morgan fingerprint density at radius 1 is 1.11 bits per heavy atom. The van der Waals surface area contributed by atoms with Crippen LogP contribution in [-0.2, 0) is 14.1 Å². The van der Waals surface area contributed by atoms with E-state index in [0.29, 0.717) is 23.7 Å². The van der Waals surface area contributed by atoms with Gasteiger partial charge in [-0.25, -0.2) is 9.80 Å². The second-order valence-corrected chi connectivity index (χ2v) is 6.97. The first-order valence-corrected chi connectivity index (χ1v) is 9.12. The summed E-state index contributed by atoms with van der Waals surface area (Å²) < 4.78 is 4.39. The average Bonchev–Trinajstić information content (AvgIpc) is 3.10. The molecule has 0 radical (unpaired) electrons. The van der Waals surface area contributed by atoms with E-state index in [0.717, 1.165) is 15.8 Å². The molecule has 144 valence electrons. The fourth-order valence-corrected chi connectivity index (χ4v) is 3.43. The van der Waals surface area contributed by atoms with Gasteiger partial charge >= 0.3 is 5.69 Å². The quantitative estimate of drug-likeness (QED) is 0.697. The van der Waals surface area contributed by atoms with Crippen LogP contribution in [-0.4, -0.2) is 30.9 Å². The lowest BCUT2D eigenvalue weighted by molar-refractivity contribution is 0.647. The molecule has 3 heterocycles. The Labute approximate surface area is 161 Å². The average molecular weight is 378 g/mol. The van der Waals surface area contributed by atoms with Crippen LogP contribution in [0.1, 0.15) is 25.5 Å². The maximum atomic E-state index is 12.8. The van der Waals surface area contributed by atoms with Gasteiger partial charge in [0.25, 0.3) is 5.56 Å². The molecule has 0 N–H and O–H groups in total. The molecule has 8 nitrogen and oxygen atoms in total. The van der Waals surface area contributed by atoms with Gasteiger partial charge in [-0.2, -0.15) is 10.1 Å². The van der Waals surface area contributed by atoms with Gasteiger partial charge in [0.1, 0.15) is 0 Å². The first kappa shape index (κ1) is 18.0. The number of aromatic nitrogens is 4. The number of rotatable bonds is 3. The summed E-state index contributed by atoms with van der Waals surface area (Å²) in [6, 6.07) is 9.88. The number of imidazole rings is 1. The van der Waals surface area contributed by atoms with Crippen molar-refractivity contribution in [3.05, 3.63) is 62.8 Å². The van der Waals surface area contributed by atoms with Gasteiger partial charge in [-0.05, 0) is 19.4 Å². The lowest BCUT2D eigenvalue weighted by atomic mass is 10.2. The fraction of sp³-hybridized carbons (Fsp3) is 0.300. The molecular weight excluding hydrogens is 356 g/mol. The zero-order valence-electron chi connectivity index (χ0n) is 16.3. The zero-order chi connectivity index (χ0) is 20.0. The number of hydrazone groups is 1. The molecule has 0 saturated heterocycles. The molecular formula is C20H22N6O2. The summed E-state index contributed by atoms with van der Waals surface area (Å²) in [6.45, 7) is 4.40. The van der Waals surface area contributed by atoms with Crippen molar-refractivity contribution in [2.75, 3.05) is 11.6 Å². The topological polar surface area (TPSA) is 77.4 Å². The summed E-state index contributed by atoms with van der Waals surface area (Å²) in [6.07, 6.45) is 4.02. The number of aryl methyl sites for hydroxylation is 1. The van der Waals surface area contributed by atoms with Crippen molar-refractivity contribution < 1.29 is 0 Å². The Hall–Kier alpha value is -3.42.